The lowest BCUT2D eigenvalue weighted by molar-refractivity contribution is 0.181. The summed E-state index contributed by atoms with van der Waals surface area (Å²) >= 11 is 0. The summed E-state index contributed by atoms with van der Waals surface area (Å²) < 4.78 is 10.5. The van der Waals surface area contributed by atoms with Crippen molar-refractivity contribution in [1.29, 1.82) is 0 Å². The molecule has 2 unspecified atom stereocenters. The summed E-state index contributed by atoms with van der Waals surface area (Å²) in [5.41, 5.74) is -0.485. The summed E-state index contributed by atoms with van der Waals surface area (Å²) in [6.45, 7) is 3.68. The molecule has 0 aliphatic carbocycles. The van der Waals surface area contributed by atoms with Crippen molar-refractivity contribution in [2.24, 2.45) is 5.92 Å². The largest absolute Gasteiger partial charge is 0.508 e. The van der Waals surface area contributed by atoms with E-state index in [4.69, 9.17) is 9.15 Å². The van der Waals surface area contributed by atoms with E-state index in [0.29, 0.717) is 11.7 Å². The Labute approximate surface area is 100 Å². The third-order valence-electron chi connectivity index (χ3n) is 3.31. The van der Waals surface area contributed by atoms with E-state index in [1.54, 1.807) is 6.07 Å². The number of ether oxygens (including phenoxy) is 1. The van der Waals surface area contributed by atoms with E-state index < -0.39 is 5.63 Å². The fourth-order valence-corrected chi connectivity index (χ4v) is 2.34. The fourth-order valence-electron chi connectivity index (χ4n) is 2.34. The molecular formula is C13H18O4. The summed E-state index contributed by atoms with van der Waals surface area (Å²) in [6.07, 6.45) is 2.91. The third kappa shape index (κ3) is 3.09. The van der Waals surface area contributed by atoms with Gasteiger partial charge in [-0.1, -0.05) is 6.92 Å². The first-order valence-electron chi connectivity index (χ1n) is 6.11. The van der Waals surface area contributed by atoms with Crippen molar-refractivity contribution in [3.63, 3.8) is 0 Å². The van der Waals surface area contributed by atoms with Crippen LogP contribution in [-0.2, 0) is 4.74 Å². The normalized spacial score (nSPS) is 21.6. The summed E-state index contributed by atoms with van der Waals surface area (Å²) in [5, 5.41) is 9.41. The zero-order chi connectivity index (χ0) is 12.3. The molecule has 0 bridgehead atoms. The van der Waals surface area contributed by atoms with E-state index in [0.717, 1.165) is 38.5 Å². The van der Waals surface area contributed by atoms with Crippen LogP contribution < -0.4 is 5.63 Å². The van der Waals surface area contributed by atoms with Crippen LogP contribution in [0.15, 0.2) is 21.3 Å². The smallest absolute Gasteiger partial charge is 0.339 e. The van der Waals surface area contributed by atoms with E-state index in [1.165, 1.54) is 0 Å². The average molecular weight is 238 g/mol. The first-order valence-corrected chi connectivity index (χ1v) is 6.11. The molecule has 1 fully saturated rings. The van der Waals surface area contributed by atoms with Crippen molar-refractivity contribution < 1.29 is 14.3 Å². The molecule has 0 aromatic carbocycles. The van der Waals surface area contributed by atoms with Gasteiger partial charge in [0.05, 0.1) is 6.07 Å². The third-order valence-corrected chi connectivity index (χ3v) is 3.31. The average Bonchev–Trinajstić information content (AvgIpc) is 2.77. The molecule has 1 saturated heterocycles. The lowest BCUT2D eigenvalue weighted by Crippen LogP contribution is -2.09. The van der Waals surface area contributed by atoms with Gasteiger partial charge in [0.1, 0.15) is 11.5 Å². The molecule has 2 rings (SSSR count). The van der Waals surface area contributed by atoms with Gasteiger partial charge < -0.3 is 14.3 Å². The summed E-state index contributed by atoms with van der Waals surface area (Å²) in [4.78, 5) is 11.2. The van der Waals surface area contributed by atoms with E-state index in [2.05, 4.69) is 6.92 Å². The Morgan fingerprint density at radius 2 is 2.35 bits per heavy atom. The molecule has 0 spiro atoms. The van der Waals surface area contributed by atoms with Gasteiger partial charge >= 0.3 is 5.63 Å². The standard InChI is InChI=1S/C13H18O4/c1-2-10(5-9-3-4-16-8-9)12-6-11(14)7-13(15)17-12/h6-7,9-10,14H,2-5,8H2,1H3. The molecule has 1 aromatic heterocycles. The van der Waals surface area contributed by atoms with Crippen LogP contribution in [0, 0.1) is 5.92 Å². The van der Waals surface area contributed by atoms with Gasteiger partial charge in [-0.05, 0) is 25.2 Å². The fraction of sp³-hybridized carbons (Fsp3) is 0.615. The Hall–Kier alpha value is -1.29. The van der Waals surface area contributed by atoms with Crippen LogP contribution in [0.5, 0.6) is 5.75 Å². The Kier molecular flexibility index (Phi) is 3.84. The quantitative estimate of drug-likeness (QED) is 0.874. The number of rotatable bonds is 4. The van der Waals surface area contributed by atoms with Crippen LogP contribution >= 0.6 is 0 Å². The SMILES string of the molecule is CCC(CC1CCOC1)c1cc(O)cc(=O)o1. The van der Waals surface area contributed by atoms with Crippen molar-refractivity contribution >= 4 is 0 Å². The van der Waals surface area contributed by atoms with Crippen molar-refractivity contribution in [2.45, 2.75) is 32.1 Å². The molecular weight excluding hydrogens is 220 g/mol. The summed E-state index contributed by atoms with van der Waals surface area (Å²) in [7, 11) is 0. The number of hydrogen-bond donors (Lipinski definition) is 1. The molecule has 1 aliphatic heterocycles. The van der Waals surface area contributed by atoms with E-state index in [9.17, 15) is 9.90 Å². The highest BCUT2D eigenvalue weighted by Crippen LogP contribution is 2.31. The van der Waals surface area contributed by atoms with E-state index >= 15 is 0 Å². The maximum absolute atomic E-state index is 11.2. The molecule has 2 atom stereocenters. The van der Waals surface area contributed by atoms with Crippen molar-refractivity contribution in [3.05, 3.63) is 28.3 Å². The number of hydrogen-bond acceptors (Lipinski definition) is 4. The van der Waals surface area contributed by atoms with E-state index in [-0.39, 0.29) is 11.7 Å². The van der Waals surface area contributed by atoms with Gasteiger partial charge in [-0.3, -0.25) is 0 Å². The van der Waals surface area contributed by atoms with Crippen LogP contribution in [0.1, 0.15) is 37.9 Å². The van der Waals surface area contributed by atoms with Crippen molar-refractivity contribution in [1.82, 2.24) is 0 Å². The molecule has 2 heterocycles. The predicted octanol–water partition coefficient (Wildman–Crippen LogP) is 2.27. The molecule has 17 heavy (non-hydrogen) atoms. The van der Waals surface area contributed by atoms with Gasteiger partial charge in [0, 0.05) is 25.2 Å². The van der Waals surface area contributed by atoms with Gasteiger partial charge in [-0.25, -0.2) is 4.79 Å². The van der Waals surface area contributed by atoms with Crippen LogP contribution in [-0.4, -0.2) is 18.3 Å². The molecule has 0 amide bonds. The zero-order valence-corrected chi connectivity index (χ0v) is 10.0. The molecule has 1 aliphatic rings. The first kappa shape index (κ1) is 12.2. The van der Waals surface area contributed by atoms with Gasteiger partial charge in [-0.2, -0.15) is 0 Å². The maximum Gasteiger partial charge on any atom is 0.339 e. The number of aromatic hydroxyl groups is 1. The topological polar surface area (TPSA) is 59.7 Å². The second-order valence-corrected chi connectivity index (χ2v) is 4.61. The highest BCUT2D eigenvalue weighted by Gasteiger charge is 2.22. The van der Waals surface area contributed by atoms with E-state index in [1.807, 2.05) is 0 Å². The molecule has 4 nitrogen and oxygen atoms in total. The molecule has 1 aromatic rings. The lowest BCUT2D eigenvalue weighted by atomic mass is 9.90. The maximum atomic E-state index is 11.2. The summed E-state index contributed by atoms with van der Waals surface area (Å²) in [5.74, 6) is 1.29. The molecule has 4 heteroatoms. The second-order valence-electron chi connectivity index (χ2n) is 4.61. The van der Waals surface area contributed by atoms with Crippen molar-refractivity contribution in [3.8, 4) is 5.75 Å². The zero-order valence-electron chi connectivity index (χ0n) is 10.0. The lowest BCUT2D eigenvalue weighted by Gasteiger charge is -2.17. The summed E-state index contributed by atoms with van der Waals surface area (Å²) in [6, 6.07) is 2.64. The van der Waals surface area contributed by atoms with Crippen LogP contribution in [0.3, 0.4) is 0 Å². The van der Waals surface area contributed by atoms with Gasteiger partial charge in [-0.15, -0.1) is 0 Å². The predicted molar refractivity (Wildman–Crippen MR) is 63.2 cm³/mol. The monoisotopic (exact) mass is 238 g/mol. The molecule has 0 saturated carbocycles. The highest BCUT2D eigenvalue weighted by atomic mass is 16.5. The van der Waals surface area contributed by atoms with Crippen LogP contribution in [0.4, 0.5) is 0 Å². The minimum absolute atomic E-state index is 0.0163. The van der Waals surface area contributed by atoms with Crippen LogP contribution in [0.25, 0.3) is 0 Å². The van der Waals surface area contributed by atoms with Gasteiger partial charge in [0.25, 0.3) is 0 Å². The molecule has 1 N–H and O–H groups in total. The molecule has 0 radical (unpaired) electrons. The Bertz CT molecular complexity index is 418. The van der Waals surface area contributed by atoms with Gasteiger partial charge in [0.15, 0.2) is 0 Å². The minimum Gasteiger partial charge on any atom is -0.508 e. The molecule has 94 valence electrons. The Balaban J connectivity index is 2.13. The first-order chi connectivity index (χ1) is 8.19. The van der Waals surface area contributed by atoms with Crippen LogP contribution in [0.2, 0.25) is 0 Å². The Morgan fingerprint density at radius 3 is 2.94 bits per heavy atom. The Morgan fingerprint density at radius 1 is 1.53 bits per heavy atom. The van der Waals surface area contributed by atoms with Gasteiger partial charge in [0.2, 0.25) is 0 Å². The second kappa shape index (κ2) is 5.36. The minimum atomic E-state index is -0.485. The van der Waals surface area contributed by atoms with Crippen molar-refractivity contribution in [2.75, 3.05) is 13.2 Å². The highest BCUT2D eigenvalue weighted by molar-refractivity contribution is 5.20.